The van der Waals surface area contributed by atoms with Gasteiger partial charge in [0, 0.05) is 23.5 Å². The number of carbonyl (C=O) groups is 1. The van der Waals surface area contributed by atoms with E-state index in [2.05, 4.69) is 4.98 Å². The molecular weight excluding hydrogens is 330 g/mol. The summed E-state index contributed by atoms with van der Waals surface area (Å²) in [7, 11) is 1.63. The van der Waals surface area contributed by atoms with Gasteiger partial charge in [-0.2, -0.15) is 0 Å². The summed E-state index contributed by atoms with van der Waals surface area (Å²) in [6.07, 6.45) is 9.78. The maximum absolute atomic E-state index is 11.2. The molecule has 26 heavy (non-hydrogen) atoms. The largest absolute Gasteiger partial charge is 0.493 e. The Morgan fingerprint density at radius 2 is 2.00 bits per heavy atom. The topological polar surface area (TPSA) is 68.7 Å². The number of benzene rings is 1. The van der Waals surface area contributed by atoms with E-state index < -0.39 is 5.97 Å². The van der Waals surface area contributed by atoms with Gasteiger partial charge in [0.2, 0.25) is 0 Å². The minimum atomic E-state index is -0.937. The van der Waals surface area contributed by atoms with Crippen molar-refractivity contribution in [3.8, 4) is 22.6 Å². The molecule has 1 aliphatic rings. The molecule has 136 valence electrons. The van der Waals surface area contributed by atoms with Crippen molar-refractivity contribution < 1.29 is 19.4 Å². The number of hydrogen-bond donors (Lipinski definition) is 1. The van der Waals surface area contributed by atoms with Crippen LogP contribution in [0.5, 0.6) is 11.5 Å². The average molecular weight is 353 g/mol. The fourth-order valence-corrected chi connectivity index (χ4v) is 3.19. The van der Waals surface area contributed by atoms with Crippen molar-refractivity contribution in [2.75, 3.05) is 7.11 Å². The number of aromatic nitrogens is 1. The number of hydrogen-bond acceptors (Lipinski definition) is 4. The first-order valence-corrected chi connectivity index (χ1v) is 8.79. The smallest absolute Gasteiger partial charge is 0.331 e. The number of nitrogens with zero attached hydrogens (tertiary/aromatic N) is 1. The molecule has 0 aliphatic heterocycles. The monoisotopic (exact) mass is 353 g/mol. The van der Waals surface area contributed by atoms with Crippen molar-refractivity contribution >= 4 is 12.0 Å². The Balaban J connectivity index is 1.99. The summed E-state index contributed by atoms with van der Waals surface area (Å²) in [4.78, 5) is 15.4. The van der Waals surface area contributed by atoms with Gasteiger partial charge in [0.05, 0.1) is 13.2 Å². The van der Waals surface area contributed by atoms with Gasteiger partial charge >= 0.3 is 5.97 Å². The number of carboxylic acid groups (broad SMARTS) is 1. The van der Waals surface area contributed by atoms with Crippen LogP contribution in [0, 0.1) is 0 Å². The summed E-state index contributed by atoms with van der Waals surface area (Å²) in [6, 6.07) is 7.57. The zero-order chi connectivity index (χ0) is 18.5. The molecule has 0 atom stereocenters. The van der Waals surface area contributed by atoms with Crippen LogP contribution >= 0.6 is 0 Å². The van der Waals surface area contributed by atoms with Gasteiger partial charge in [-0.15, -0.1) is 0 Å². The number of rotatable bonds is 6. The van der Waals surface area contributed by atoms with Crippen molar-refractivity contribution in [3.63, 3.8) is 0 Å². The van der Waals surface area contributed by atoms with Gasteiger partial charge in [0.25, 0.3) is 0 Å². The zero-order valence-electron chi connectivity index (χ0n) is 15.1. The van der Waals surface area contributed by atoms with E-state index in [0.717, 1.165) is 29.5 Å². The third-order valence-electron chi connectivity index (χ3n) is 4.63. The van der Waals surface area contributed by atoms with Gasteiger partial charge < -0.3 is 14.6 Å². The highest BCUT2D eigenvalue weighted by atomic mass is 16.5. The fourth-order valence-electron chi connectivity index (χ4n) is 3.19. The van der Waals surface area contributed by atoms with E-state index in [9.17, 15) is 4.79 Å². The quantitative estimate of drug-likeness (QED) is 0.771. The van der Waals surface area contributed by atoms with Crippen LogP contribution in [0.15, 0.2) is 42.2 Å². The lowest BCUT2D eigenvalue weighted by Crippen LogP contribution is -2.11. The number of pyridine rings is 1. The molecule has 1 N–H and O–H groups in total. The molecule has 1 aliphatic carbocycles. The van der Waals surface area contributed by atoms with E-state index >= 15 is 0 Å². The van der Waals surface area contributed by atoms with Crippen molar-refractivity contribution in [1.82, 2.24) is 4.98 Å². The summed E-state index contributed by atoms with van der Waals surface area (Å²) in [6.45, 7) is 1.58. The average Bonchev–Trinajstić information content (AvgIpc) is 3.15. The van der Waals surface area contributed by atoms with E-state index in [4.69, 9.17) is 14.6 Å². The van der Waals surface area contributed by atoms with Crippen LogP contribution in [0.2, 0.25) is 0 Å². The highest BCUT2D eigenvalue weighted by Gasteiger charge is 2.19. The Labute approximate surface area is 153 Å². The Bertz CT molecular complexity index is 823. The van der Waals surface area contributed by atoms with Crippen LogP contribution in [-0.4, -0.2) is 29.3 Å². The third-order valence-corrected chi connectivity index (χ3v) is 4.63. The summed E-state index contributed by atoms with van der Waals surface area (Å²) >= 11 is 0. The summed E-state index contributed by atoms with van der Waals surface area (Å²) in [5.41, 5.74) is 2.84. The third kappa shape index (κ3) is 4.04. The van der Waals surface area contributed by atoms with E-state index in [1.54, 1.807) is 32.5 Å². The Morgan fingerprint density at radius 1 is 1.23 bits per heavy atom. The lowest BCUT2D eigenvalue weighted by atomic mass is 10.00. The van der Waals surface area contributed by atoms with Crippen LogP contribution in [0.3, 0.4) is 0 Å². The maximum Gasteiger partial charge on any atom is 0.331 e. The van der Waals surface area contributed by atoms with Crippen LogP contribution in [0.1, 0.15) is 38.2 Å². The molecular formula is C21H23NO4. The Morgan fingerprint density at radius 3 is 2.69 bits per heavy atom. The van der Waals surface area contributed by atoms with Crippen molar-refractivity contribution in [2.45, 2.75) is 38.7 Å². The van der Waals surface area contributed by atoms with Crippen molar-refractivity contribution in [1.29, 1.82) is 0 Å². The first-order valence-electron chi connectivity index (χ1n) is 8.79. The Kier molecular flexibility index (Phi) is 5.56. The number of ether oxygens (including phenoxy) is 2. The molecule has 0 unspecified atom stereocenters. The molecule has 2 aromatic rings. The van der Waals surface area contributed by atoms with Gasteiger partial charge in [-0.1, -0.05) is 6.07 Å². The van der Waals surface area contributed by atoms with Gasteiger partial charge in [0.1, 0.15) is 0 Å². The van der Waals surface area contributed by atoms with E-state index in [-0.39, 0.29) is 11.7 Å². The molecule has 1 aromatic heterocycles. The van der Waals surface area contributed by atoms with Gasteiger partial charge in [-0.05, 0) is 68.0 Å². The number of carboxylic acids is 1. The van der Waals surface area contributed by atoms with Crippen molar-refractivity contribution in [3.05, 3.63) is 47.8 Å². The predicted octanol–water partition coefficient (Wildman–Crippen LogP) is 4.57. The standard InChI is InChI=1S/C21H23NO4/c1-14(21(23)24)11-16-9-10-22-13-18(16)15-7-8-19(25-2)20(12-15)26-17-5-3-4-6-17/h7-13,17H,3-6H2,1-2H3,(H,23,24). The van der Waals surface area contributed by atoms with Crippen molar-refractivity contribution in [2.24, 2.45) is 0 Å². The molecule has 0 bridgehead atoms. The normalized spacial score (nSPS) is 15.1. The van der Waals surface area contributed by atoms with Crippen LogP contribution in [0.25, 0.3) is 17.2 Å². The molecule has 0 spiro atoms. The molecule has 0 radical (unpaired) electrons. The van der Waals surface area contributed by atoms with Crippen LogP contribution in [-0.2, 0) is 4.79 Å². The second kappa shape index (κ2) is 8.04. The lowest BCUT2D eigenvalue weighted by Gasteiger charge is -2.17. The van der Waals surface area contributed by atoms with Crippen LogP contribution < -0.4 is 9.47 Å². The highest BCUT2D eigenvalue weighted by molar-refractivity contribution is 5.93. The minimum Gasteiger partial charge on any atom is -0.493 e. The fraction of sp³-hybridized carbons (Fsp3) is 0.333. The summed E-state index contributed by atoms with van der Waals surface area (Å²) in [5.74, 6) is 0.474. The second-order valence-corrected chi connectivity index (χ2v) is 6.49. The van der Waals surface area contributed by atoms with Gasteiger partial charge in [0.15, 0.2) is 11.5 Å². The van der Waals surface area contributed by atoms with E-state index in [1.807, 2.05) is 24.3 Å². The molecule has 0 amide bonds. The molecule has 0 saturated heterocycles. The second-order valence-electron chi connectivity index (χ2n) is 6.49. The summed E-state index contributed by atoms with van der Waals surface area (Å²) < 4.78 is 11.6. The molecule has 5 nitrogen and oxygen atoms in total. The van der Waals surface area contributed by atoms with Crippen LogP contribution in [0.4, 0.5) is 0 Å². The molecule has 1 saturated carbocycles. The SMILES string of the molecule is COc1ccc(-c2cnccc2C=C(C)C(=O)O)cc1OC1CCCC1. The molecule has 3 rings (SSSR count). The highest BCUT2D eigenvalue weighted by Crippen LogP contribution is 2.36. The Hall–Kier alpha value is -2.82. The first-order chi connectivity index (χ1) is 12.6. The predicted molar refractivity (Wildman–Crippen MR) is 100 cm³/mol. The number of methoxy groups -OCH3 is 1. The lowest BCUT2D eigenvalue weighted by molar-refractivity contribution is -0.132. The number of aliphatic carboxylic acids is 1. The first kappa shape index (κ1) is 18.0. The van der Waals surface area contributed by atoms with E-state index in [1.165, 1.54) is 12.8 Å². The van der Waals surface area contributed by atoms with E-state index in [0.29, 0.717) is 11.5 Å². The van der Waals surface area contributed by atoms with Gasteiger partial charge in [-0.25, -0.2) is 4.79 Å². The zero-order valence-corrected chi connectivity index (χ0v) is 15.1. The molecule has 1 fully saturated rings. The maximum atomic E-state index is 11.2. The molecule has 1 heterocycles. The van der Waals surface area contributed by atoms with Gasteiger partial charge in [-0.3, -0.25) is 4.98 Å². The summed E-state index contributed by atoms with van der Waals surface area (Å²) in [5, 5.41) is 9.16. The molecule has 1 aromatic carbocycles. The molecule has 5 heteroatoms. The minimum absolute atomic E-state index is 0.224.